The summed E-state index contributed by atoms with van der Waals surface area (Å²) in [5, 5.41) is 3.74. The first-order chi connectivity index (χ1) is 13.2. The van der Waals surface area contributed by atoms with Crippen molar-refractivity contribution in [2.75, 3.05) is 12.4 Å². The summed E-state index contributed by atoms with van der Waals surface area (Å²) in [6, 6.07) is 20.8. The summed E-state index contributed by atoms with van der Waals surface area (Å²) in [5.41, 5.74) is 3.65. The standard InChI is InChI=1S/C22H17N3O2/c1-27-17-8-4-6-15(12-17)21-13-19(18-9-2-3-10-20(18)25-21)22(26)24-16-7-5-11-23-14-16/h2-14H,1H3,(H,24,26)/p+1. The second kappa shape index (κ2) is 7.25. The van der Waals surface area contributed by atoms with E-state index in [-0.39, 0.29) is 5.91 Å². The van der Waals surface area contributed by atoms with E-state index in [2.05, 4.69) is 10.3 Å². The van der Waals surface area contributed by atoms with E-state index >= 15 is 0 Å². The first-order valence-electron chi connectivity index (χ1n) is 8.56. The van der Waals surface area contributed by atoms with Gasteiger partial charge in [0.25, 0.3) is 5.91 Å². The molecule has 0 aliphatic heterocycles. The monoisotopic (exact) mass is 356 g/mol. The van der Waals surface area contributed by atoms with Crippen LogP contribution >= 0.6 is 0 Å². The van der Waals surface area contributed by atoms with Gasteiger partial charge in [0.05, 0.1) is 23.9 Å². The number of amides is 1. The number of hydrogen-bond acceptors (Lipinski definition) is 3. The van der Waals surface area contributed by atoms with Gasteiger partial charge in [-0.1, -0.05) is 30.3 Å². The Morgan fingerprint density at radius 1 is 1.04 bits per heavy atom. The van der Waals surface area contributed by atoms with Crippen molar-refractivity contribution in [3.05, 3.63) is 84.7 Å². The average Bonchev–Trinajstić information content (AvgIpc) is 2.73. The molecular weight excluding hydrogens is 338 g/mol. The van der Waals surface area contributed by atoms with Gasteiger partial charge in [-0.05, 0) is 30.3 Å². The lowest BCUT2D eigenvalue weighted by Gasteiger charge is -2.10. The molecule has 0 aliphatic rings. The van der Waals surface area contributed by atoms with Gasteiger partial charge in [-0.3, -0.25) is 4.79 Å². The van der Waals surface area contributed by atoms with E-state index in [1.165, 1.54) is 0 Å². The smallest absolute Gasteiger partial charge is 0.256 e. The van der Waals surface area contributed by atoms with Crippen LogP contribution in [0.5, 0.6) is 5.75 Å². The molecule has 5 heteroatoms. The van der Waals surface area contributed by atoms with E-state index in [0.717, 1.165) is 27.9 Å². The van der Waals surface area contributed by atoms with Gasteiger partial charge in [-0.15, -0.1) is 0 Å². The molecule has 0 saturated carbocycles. The molecule has 0 spiro atoms. The number of carbonyl (C=O) groups is 1. The van der Waals surface area contributed by atoms with Crippen LogP contribution in [0.25, 0.3) is 22.2 Å². The molecule has 0 fully saturated rings. The van der Waals surface area contributed by atoms with Crippen LogP contribution in [0, 0.1) is 0 Å². The van der Waals surface area contributed by atoms with E-state index in [1.807, 2.05) is 66.7 Å². The summed E-state index contributed by atoms with van der Waals surface area (Å²) >= 11 is 0. The van der Waals surface area contributed by atoms with Crippen LogP contribution in [-0.2, 0) is 0 Å². The number of aromatic nitrogens is 2. The maximum Gasteiger partial charge on any atom is 0.256 e. The molecule has 2 heterocycles. The van der Waals surface area contributed by atoms with Crippen LogP contribution in [0.1, 0.15) is 10.4 Å². The van der Waals surface area contributed by atoms with Crippen molar-refractivity contribution in [2.45, 2.75) is 0 Å². The predicted octanol–water partition coefficient (Wildman–Crippen LogP) is 3.98. The number of fused-ring (bicyclic) bond motifs is 1. The van der Waals surface area contributed by atoms with Crippen molar-refractivity contribution in [3.63, 3.8) is 0 Å². The molecule has 0 aliphatic carbocycles. The highest BCUT2D eigenvalue weighted by Crippen LogP contribution is 2.27. The van der Waals surface area contributed by atoms with Crippen molar-refractivity contribution in [2.24, 2.45) is 0 Å². The zero-order valence-electron chi connectivity index (χ0n) is 14.8. The van der Waals surface area contributed by atoms with Crippen LogP contribution < -0.4 is 15.0 Å². The van der Waals surface area contributed by atoms with E-state index in [0.29, 0.717) is 11.3 Å². The third kappa shape index (κ3) is 3.48. The Morgan fingerprint density at radius 2 is 1.93 bits per heavy atom. The zero-order valence-corrected chi connectivity index (χ0v) is 14.8. The third-order valence-electron chi connectivity index (χ3n) is 4.29. The second-order valence-corrected chi connectivity index (χ2v) is 6.05. The fourth-order valence-corrected chi connectivity index (χ4v) is 2.96. The lowest BCUT2D eigenvalue weighted by molar-refractivity contribution is -0.377. The number of nitrogens with one attached hydrogen (secondary N) is 2. The van der Waals surface area contributed by atoms with Gasteiger partial charge in [-0.25, -0.2) is 9.97 Å². The largest absolute Gasteiger partial charge is 0.497 e. The number of H-pyrrole nitrogens is 1. The van der Waals surface area contributed by atoms with Gasteiger partial charge in [0.2, 0.25) is 0 Å². The minimum atomic E-state index is -0.183. The molecule has 0 saturated heterocycles. The van der Waals surface area contributed by atoms with Crippen LogP contribution in [-0.4, -0.2) is 18.0 Å². The number of methoxy groups -OCH3 is 1. The number of benzene rings is 2. The molecule has 0 bridgehead atoms. The van der Waals surface area contributed by atoms with Crippen molar-refractivity contribution >= 4 is 22.5 Å². The highest BCUT2D eigenvalue weighted by atomic mass is 16.5. The Bertz CT molecular complexity index is 1110. The summed E-state index contributed by atoms with van der Waals surface area (Å²) in [6.45, 7) is 0. The number of para-hydroxylation sites is 1. The maximum atomic E-state index is 13.0. The molecule has 132 valence electrons. The normalized spacial score (nSPS) is 10.6. The molecule has 4 aromatic rings. The number of nitrogens with zero attached hydrogens (tertiary/aromatic N) is 1. The van der Waals surface area contributed by atoms with Gasteiger partial charge >= 0.3 is 0 Å². The molecule has 2 aromatic carbocycles. The van der Waals surface area contributed by atoms with Crippen LogP contribution in [0.4, 0.5) is 5.69 Å². The van der Waals surface area contributed by atoms with Crippen molar-refractivity contribution in [1.29, 1.82) is 0 Å². The van der Waals surface area contributed by atoms with E-state index in [9.17, 15) is 4.79 Å². The SMILES string of the molecule is COc1cccc(-c2cc(C(=O)Nc3ccc[nH+]c3)c3ccccc3n2)c1. The average molecular weight is 356 g/mol. The summed E-state index contributed by atoms with van der Waals surface area (Å²) in [6.07, 6.45) is 3.53. The summed E-state index contributed by atoms with van der Waals surface area (Å²) in [7, 11) is 1.63. The molecule has 27 heavy (non-hydrogen) atoms. The number of aromatic amines is 1. The van der Waals surface area contributed by atoms with Gasteiger partial charge in [-0.2, -0.15) is 0 Å². The van der Waals surface area contributed by atoms with E-state index in [1.54, 1.807) is 19.5 Å². The van der Waals surface area contributed by atoms with Crippen molar-refractivity contribution in [1.82, 2.24) is 4.98 Å². The highest BCUT2D eigenvalue weighted by Gasteiger charge is 2.15. The molecule has 2 N–H and O–H groups in total. The number of pyridine rings is 2. The zero-order chi connectivity index (χ0) is 18.6. The van der Waals surface area contributed by atoms with Gasteiger partial charge < -0.3 is 10.1 Å². The van der Waals surface area contributed by atoms with Crippen LogP contribution in [0.15, 0.2) is 79.1 Å². The predicted molar refractivity (Wildman–Crippen MR) is 105 cm³/mol. The Balaban J connectivity index is 1.82. The van der Waals surface area contributed by atoms with Crippen LogP contribution in [0.3, 0.4) is 0 Å². The second-order valence-electron chi connectivity index (χ2n) is 6.05. The topological polar surface area (TPSA) is 65.4 Å². The third-order valence-corrected chi connectivity index (χ3v) is 4.29. The maximum absolute atomic E-state index is 13.0. The Hall–Kier alpha value is -3.73. The van der Waals surface area contributed by atoms with Gasteiger partial charge in [0, 0.05) is 17.0 Å². The Morgan fingerprint density at radius 3 is 2.74 bits per heavy atom. The van der Waals surface area contributed by atoms with Crippen molar-refractivity contribution < 1.29 is 14.5 Å². The summed E-state index contributed by atoms with van der Waals surface area (Å²) < 4.78 is 5.31. The summed E-state index contributed by atoms with van der Waals surface area (Å²) in [5.74, 6) is 0.561. The molecule has 0 radical (unpaired) electrons. The quantitative estimate of drug-likeness (QED) is 0.601. The molecular formula is C22H18N3O2+. The molecule has 1 amide bonds. The molecule has 5 nitrogen and oxygen atoms in total. The lowest BCUT2D eigenvalue weighted by atomic mass is 10.0. The summed E-state index contributed by atoms with van der Waals surface area (Å²) in [4.78, 5) is 20.7. The lowest BCUT2D eigenvalue weighted by Crippen LogP contribution is -2.14. The first kappa shape index (κ1) is 16.7. The van der Waals surface area contributed by atoms with Crippen LogP contribution in [0.2, 0.25) is 0 Å². The molecule has 4 rings (SSSR count). The minimum Gasteiger partial charge on any atom is -0.497 e. The molecule has 0 unspecified atom stereocenters. The van der Waals surface area contributed by atoms with E-state index < -0.39 is 0 Å². The van der Waals surface area contributed by atoms with Gasteiger partial charge in [0.1, 0.15) is 11.4 Å². The molecule has 2 aromatic heterocycles. The number of rotatable bonds is 4. The fraction of sp³-hybridized carbons (Fsp3) is 0.0455. The number of anilines is 1. The highest BCUT2D eigenvalue weighted by molar-refractivity contribution is 6.13. The minimum absolute atomic E-state index is 0.183. The number of hydrogen-bond donors (Lipinski definition) is 1. The van der Waals surface area contributed by atoms with Crippen molar-refractivity contribution in [3.8, 4) is 17.0 Å². The number of carbonyl (C=O) groups excluding carboxylic acids is 1. The Labute approximate surface area is 156 Å². The number of ether oxygens (including phenoxy) is 1. The van der Waals surface area contributed by atoms with E-state index in [4.69, 9.17) is 9.72 Å². The van der Waals surface area contributed by atoms with Gasteiger partial charge in [0.15, 0.2) is 12.4 Å². The fourth-order valence-electron chi connectivity index (χ4n) is 2.96. The Kier molecular flexibility index (Phi) is 4.49. The first-order valence-corrected chi connectivity index (χ1v) is 8.56. The molecule has 0 atom stereocenters.